The van der Waals surface area contributed by atoms with Crippen molar-refractivity contribution < 1.29 is 9.13 Å². The number of methoxy groups -OCH3 is 1. The smallest absolute Gasteiger partial charge is 0.123 e. The normalized spacial score (nSPS) is 13.0. The Morgan fingerprint density at radius 3 is 2.50 bits per heavy atom. The van der Waals surface area contributed by atoms with Crippen LogP contribution in [-0.4, -0.2) is 7.11 Å². The molecule has 0 bridgehead atoms. The van der Waals surface area contributed by atoms with Crippen molar-refractivity contribution in [1.29, 1.82) is 0 Å². The molecule has 14 heavy (non-hydrogen) atoms. The van der Waals surface area contributed by atoms with E-state index in [1.165, 1.54) is 12.1 Å². The molecule has 0 spiro atoms. The maximum Gasteiger partial charge on any atom is 0.123 e. The zero-order chi connectivity index (χ0) is 10.7. The SMILES string of the molecule is COc1ccc(F)cc1C(N)C(C)C. The fraction of sp³-hybridized carbons (Fsp3) is 0.455. The molecule has 1 unspecified atom stereocenters. The predicted molar refractivity (Wildman–Crippen MR) is 54.7 cm³/mol. The standard InChI is InChI=1S/C11H16FNO/c1-7(2)11(13)9-6-8(12)4-5-10(9)14-3/h4-7,11H,13H2,1-3H3. The third kappa shape index (κ3) is 2.23. The second-order valence-corrected chi connectivity index (χ2v) is 3.66. The lowest BCUT2D eigenvalue weighted by atomic mass is 9.96. The lowest BCUT2D eigenvalue weighted by Crippen LogP contribution is -2.17. The Labute approximate surface area is 83.9 Å². The first-order valence-electron chi connectivity index (χ1n) is 4.65. The highest BCUT2D eigenvalue weighted by atomic mass is 19.1. The van der Waals surface area contributed by atoms with Crippen LogP contribution in [0, 0.1) is 11.7 Å². The van der Waals surface area contributed by atoms with Crippen LogP contribution < -0.4 is 10.5 Å². The quantitative estimate of drug-likeness (QED) is 0.808. The van der Waals surface area contributed by atoms with Crippen LogP contribution in [-0.2, 0) is 0 Å². The van der Waals surface area contributed by atoms with Crippen molar-refractivity contribution in [2.24, 2.45) is 11.7 Å². The molecule has 0 aliphatic rings. The zero-order valence-corrected chi connectivity index (χ0v) is 8.75. The fourth-order valence-electron chi connectivity index (χ4n) is 1.32. The first kappa shape index (κ1) is 11.0. The largest absolute Gasteiger partial charge is 0.496 e. The number of nitrogens with two attached hydrogens (primary N) is 1. The van der Waals surface area contributed by atoms with Gasteiger partial charge in [-0.2, -0.15) is 0 Å². The molecule has 0 heterocycles. The van der Waals surface area contributed by atoms with Crippen LogP contribution >= 0.6 is 0 Å². The first-order valence-corrected chi connectivity index (χ1v) is 4.65. The van der Waals surface area contributed by atoms with Gasteiger partial charge in [-0.3, -0.25) is 0 Å². The lowest BCUT2D eigenvalue weighted by Gasteiger charge is -2.18. The Morgan fingerprint density at radius 2 is 2.00 bits per heavy atom. The van der Waals surface area contributed by atoms with Crippen molar-refractivity contribution in [1.82, 2.24) is 0 Å². The number of ether oxygens (including phenoxy) is 1. The minimum atomic E-state index is -0.281. The third-order valence-corrected chi connectivity index (χ3v) is 2.27. The van der Waals surface area contributed by atoms with Crippen LogP contribution in [0.5, 0.6) is 5.75 Å². The van der Waals surface area contributed by atoms with Gasteiger partial charge in [-0.05, 0) is 24.1 Å². The minimum absolute atomic E-state index is 0.194. The molecule has 0 radical (unpaired) electrons. The summed E-state index contributed by atoms with van der Waals surface area (Å²) in [6.45, 7) is 3.99. The molecule has 0 aliphatic heterocycles. The molecule has 0 amide bonds. The van der Waals surface area contributed by atoms with Crippen LogP contribution in [0.1, 0.15) is 25.5 Å². The summed E-state index contributed by atoms with van der Waals surface area (Å²) in [6.07, 6.45) is 0. The lowest BCUT2D eigenvalue weighted by molar-refractivity contribution is 0.394. The van der Waals surface area contributed by atoms with Crippen LogP contribution in [0.25, 0.3) is 0 Å². The van der Waals surface area contributed by atoms with Crippen molar-refractivity contribution in [2.45, 2.75) is 19.9 Å². The van der Waals surface area contributed by atoms with Gasteiger partial charge in [0.15, 0.2) is 0 Å². The summed E-state index contributed by atoms with van der Waals surface area (Å²) >= 11 is 0. The van der Waals surface area contributed by atoms with Gasteiger partial charge in [0.25, 0.3) is 0 Å². The van der Waals surface area contributed by atoms with Gasteiger partial charge < -0.3 is 10.5 Å². The molecule has 0 aliphatic carbocycles. The fourth-order valence-corrected chi connectivity index (χ4v) is 1.32. The topological polar surface area (TPSA) is 35.2 Å². The highest BCUT2D eigenvalue weighted by Crippen LogP contribution is 2.28. The summed E-state index contributed by atoms with van der Waals surface area (Å²) in [7, 11) is 1.56. The van der Waals surface area contributed by atoms with Crippen LogP contribution in [0.4, 0.5) is 4.39 Å². The van der Waals surface area contributed by atoms with E-state index in [4.69, 9.17) is 10.5 Å². The molecule has 1 aromatic carbocycles. The van der Waals surface area contributed by atoms with E-state index in [9.17, 15) is 4.39 Å². The molecule has 0 saturated carbocycles. The van der Waals surface area contributed by atoms with Crippen molar-refractivity contribution >= 4 is 0 Å². The average Bonchev–Trinajstić information content (AvgIpc) is 2.16. The van der Waals surface area contributed by atoms with Gasteiger partial charge in [0.1, 0.15) is 11.6 Å². The summed E-state index contributed by atoms with van der Waals surface area (Å²) in [6, 6.07) is 4.21. The molecule has 0 aromatic heterocycles. The number of hydrogen-bond acceptors (Lipinski definition) is 2. The molecule has 0 saturated heterocycles. The number of rotatable bonds is 3. The van der Waals surface area contributed by atoms with E-state index in [1.54, 1.807) is 13.2 Å². The van der Waals surface area contributed by atoms with E-state index in [0.29, 0.717) is 5.75 Å². The maximum atomic E-state index is 13.0. The van der Waals surface area contributed by atoms with Gasteiger partial charge in [-0.15, -0.1) is 0 Å². The van der Waals surface area contributed by atoms with Crippen molar-refractivity contribution in [3.63, 3.8) is 0 Å². The maximum absolute atomic E-state index is 13.0. The average molecular weight is 197 g/mol. The molecular weight excluding hydrogens is 181 g/mol. The monoisotopic (exact) mass is 197 g/mol. The highest BCUT2D eigenvalue weighted by Gasteiger charge is 2.15. The van der Waals surface area contributed by atoms with Gasteiger partial charge in [-0.1, -0.05) is 13.8 Å². The first-order chi connectivity index (χ1) is 6.56. The summed E-state index contributed by atoms with van der Waals surface area (Å²) in [5.74, 6) is 0.621. The number of halogens is 1. The van der Waals surface area contributed by atoms with Crippen molar-refractivity contribution in [3.05, 3.63) is 29.6 Å². The minimum Gasteiger partial charge on any atom is -0.496 e. The Kier molecular flexibility index (Phi) is 3.47. The molecular formula is C11H16FNO. The van der Waals surface area contributed by atoms with Crippen LogP contribution in [0.2, 0.25) is 0 Å². The van der Waals surface area contributed by atoms with Crippen molar-refractivity contribution in [3.8, 4) is 5.75 Å². The molecule has 0 fully saturated rings. The zero-order valence-electron chi connectivity index (χ0n) is 8.75. The molecule has 78 valence electrons. The number of hydrogen-bond donors (Lipinski definition) is 1. The molecule has 1 atom stereocenters. The summed E-state index contributed by atoms with van der Waals surface area (Å²) in [5.41, 5.74) is 6.66. The molecule has 1 rings (SSSR count). The van der Waals surface area contributed by atoms with Gasteiger partial charge in [0.2, 0.25) is 0 Å². The van der Waals surface area contributed by atoms with Crippen LogP contribution in [0.3, 0.4) is 0 Å². The van der Waals surface area contributed by atoms with E-state index in [-0.39, 0.29) is 17.8 Å². The highest BCUT2D eigenvalue weighted by molar-refractivity contribution is 5.36. The second-order valence-electron chi connectivity index (χ2n) is 3.66. The summed E-state index contributed by atoms with van der Waals surface area (Å²) in [5, 5.41) is 0. The van der Waals surface area contributed by atoms with Gasteiger partial charge >= 0.3 is 0 Å². The van der Waals surface area contributed by atoms with Crippen molar-refractivity contribution in [2.75, 3.05) is 7.11 Å². The van der Waals surface area contributed by atoms with E-state index >= 15 is 0 Å². The second kappa shape index (κ2) is 4.42. The van der Waals surface area contributed by atoms with E-state index < -0.39 is 0 Å². The summed E-state index contributed by atoms with van der Waals surface area (Å²) in [4.78, 5) is 0. The Morgan fingerprint density at radius 1 is 1.36 bits per heavy atom. The van der Waals surface area contributed by atoms with Gasteiger partial charge in [0, 0.05) is 11.6 Å². The number of benzene rings is 1. The van der Waals surface area contributed by atoms with E-state index in [0.717, 1.165) is 5.56 Å². The predicted octanol–water partition coefficient (Wildman–Crippen LogP) is 2.49. The molecule has 2 N–H and O–H groups in total. The third-order valence-electron chi connectivity index (χ3n) is 2.27. The Bertz CT molecular complexity index is 312. The molecule has 1 aromatic rings. The molecule has 2 nitrogen and oxygen atoms in total. The Balaban J connectivity index is 3.10. The van der Waals surface area contributed by atoms with Crippen LogP contribution in [0.15, 0.2) is 18.2 Å². The van der Waals surface area contributed by atoms with E-state index in [1.807, 2.05) is 13.8 Å². The van der Waals surface area contributed by atoms with E-state index in [2.05, 4.69) is 0 Å². The summed E-state index contributed by atoms with van der Waals surface area (Å²) < 4.78 is 18.1. The molecule has 3 heteroatoms. The Hall–Kier alpha value is -1.09. The van der Waals surface area contributed by atoms with Gasteiger partial charge in [-0.25, -0.2) is 4.39 Å². The van der Waals surface area contributed by atoms with Gasteiger partial charge in [0.05, 0.1) is 7.11 Å².